The van der Waals surface area contributed by atoms with Crippen molar-refractivity contribution in [1.82, 2.24) is 25.3 Å². The molecule has 0 bridgehead atoms. The zero-order chi connectivity index (χ0) is 12.4. The van der Waals surface area contributed by atoms with Crippen LogP contribution in [0, 0.1) is 0 Å². The Morgan fingerprint density at radius 1 is 1.41 bits per heavy atom. The first-order valence-corrected chi connectivity index (χ1v) is 5.34. The van der Waals surface area contributed by atoms with Crippen LogP contribution in [0.4, 0.5) is 0 Å². The third kappa shape index (κ3) is 2.37. The van der Waals surface area contributed by atoms with Crippen molar-refractivity contribution in [1.29, 1.82) is 0 Å². The van der Waals surface area contributed by atoms with Crippen molar-refractivity contribution < 1.29 is 4.79 Å². The Hall–Kier alpha value is -1.66. The first kappa shape index (κ1) is 11.8. The van der Waals surface area contributed by atoms with Crippen molar-refractivity contribution in [2.75, 3.05) is 7.05 Å². The minimum absolute atomic E-state index is 0.154. The molecule has 88 valence electrons. The summed E-state index contributed by atoms with van der Waals surface area (Å²) in [6.07, 6.45) is 1.59. The monoisotopic (exact) mass is 271 g/mol. The predicted octanol–water partition coefficient (Wildman–Crippen LogP) is 1.33. The number of amides is 1. The van der Waals surface area contributed by atoms with Gasteiger partial charge in [0.05, 0.1) is 0 Å². The predicted molar refractivity (Wildman–Crippen MR) is 62.6 cm³/mol. The Morgan fingerprint density at radius 2 is 2.18 bits per heavy atom. The molecular formula is C9H7Cl2N5O. The van der Waals surface area contributed by atoms with Gasteiger partial charge >= 0.3 is 0 Å². The number of nitrogens with one attached hydrogen (secondary N) is 1. The molecule has 1 amide bonds. The molecule has 2 aromatic rings. The van der Waals surface area contributed by atoms with Gasteiger partial charge in [-0.1, -0.05) is 23.2 Å². The molecule has 0 spiro atoms. The number of hydrogen-bond acceptors (Lipinski definition) is 4. The highest BCUT2D eigenvalue weighted by Crippen LogP contribution is 2.19. The topological polar surface area (TPSA) is 72.7 Å². The van der Waals surface area contributed by atoms with E-state index in [1.165, 1.54) is 17.8 Å². The van der Waals surface area contributed by atoms with E-state index in [-0.39, 0.29) is 21.9 Å². The van der Waals surface area contributed by atoms with E-state index in [2.05, 4.69) is 20.6 Å². The fourth-order valence-electron chi connectivity index (χ4n) is 1.21. The van der Waals surface area contributed by atoms with E-state index >= 15 is 0 Å². The number of hydrogen-bond donors (Lipinski definition) is 1. The first-order valence-electron chi connectivity index (χ1n) is 4.58. The van der Waals surface area contributed by atoms with Gasteiger partial charge in [-0.25, -0.2) is 4.68 Å². The van der Waals surface area contributed by atoms with E-state index in [4.69, 9.17) is 23.2 Å². The first-order chi connectivity index (χ1) is 8.11. The fraction of sp³-hybridized carbons (Fsp3) is 0.111. The lowest BCUT2D eigenvalue weighted by molar-refractivity contribution is 0.0957. The zero-order valence-electron chi connectivity index (χ0n) is 8.69. The molecule has 8 heteroatoms. The van der Waals surface area contributed by atoms with Crippen LogP contribution in [0.25, 0.3) is 5.69 Å². The third-order valence-electron chi connectivity index (χ3n) is 2.00. The Morgan fingerprint density at radius 3 is 2.88 bits per heavy atom. The maximum absolute atomic E-state index is 11.3. The van der Waals surface area contributed by atoms with Crippen LogP contribution in [0.15, 0.2) is 18.3 Å². The van der Waals surface area contributed by atoms with Crippen molar-refractivity contribution in [3.63, 3.8) is 0 Å². The molecule has 1 N–H and O–H groups in total. The summed E-state index contributed by atoms with van der Waals surface area (Å²) in [6.45, 7) is 0. The summed E-state index contributed by atoms with van der Waals surface area (Å²) in [4.78, 5) is 11.3. The lowest BCUT2D eigenvalue weighted by atomic mass is 10.4. The van der Waals surface area contributed by atoms with Crippen molar-refractivity contribution in [2.24, 2.45) is 0 Å². The van der Waals surface area contributed by atoms with Crippen LogP contribution >= 0.6 is 23.2 Å². The molecule has 2 rings (SSSR count). The Kier molecular flexibility index (Phi) is 3.26. The average Bonchev–Trinajstić information content (AvgIpc) is 2.80. The summed E-state index contributed by atoms with van der Waals surface area (Å²) in [6, 6.07) is 3.07. The van der Waals surface area contributed by atoms with Crippen LogP contribution in [0.5, 0.6) is 0 Å². The SMILES string of the molecule is CNC(=O)c1ccn(-c2cc(Cl)nnc2Cl)n1. The molecule has 17 heavy (non-hydrogen) atoms. The summed E-state index contributed by atoms with van der Waals surface area (Å²) in [5.41, 5.74) is 0.735. The summed E-state index contributed by atoms with van der Waals surface area (Å²) in [5.74, 6) is -0.284. The summed E-state index contributed by atoms with van der Waals surface area (Å²) in [5, 5.41) is 14.1. The molecular weight excluding hydrogens is 265 g/mol. The normalized spacial score (nSPS) is 10.3. The van der Waals surface area contributed by atoms with E-state index in [0.29, 0.717) is 5.69 Å². The van der Waals surface area contributed by atoms with Crippen molar-refractivity contribution in [3.8, 4) is 5.69 Å². The molecule has 0 atom stereocenters. The Balaban J connectivity index is 2.43. The second kappa shape index (κ2) is 4.68. The second-order valence-electron chi connectivity index (χ2n) is 3.07. The molecule has 0 fully saturated rings. The Bertz CT molecular complexity index is 568. The summed E-state index contributed by atoms with van der Waals surface area (Å²) < 4.78 is 1.41. The van der Waals surface area contributed by atoms with Crippen LogP contribution in [0.2, 0.25) is 10.3 Å². The quantitative estimate of drug-likeness (QED) is 0.895. The van der Waals surface area contributed by atoms with E-state index < -0.39 is 0 Å². The molecule has 0 saturated heterocycles. The Labute approximate surface area is 107 Å². The average molecular weight is 272 g/mol. The van der Waals surface area contributed by atoms with Gasteiger partial charge in [-0.05, 0) is 6.07 Å². The standard InChI is InChI=1S/C9H7Cl2N5O/c1-12-9(17)5-2-3-16(15-5)6-4-7(10)13-14-8(6)11/h2-4H,1H3,(H,12,17). The third-order valence-corrected chi connectivity index (χ3v) is 2.45. The van der Waals surface area contributed by atoms with Gasteiger partial charge in [-0.15, -0.1) is 10.2 Å². The number of rotatable bonds is 2. The van der Waals surface area contributed by atoms with E-state index in [1.807, 2.05) is 0 Å². The van der Waals surface area contributed by atoms with Crippen molar-refractivity contribution in [2.45, 2.75) is 0 Å². The van der Waals surface area contributed by atoms with Crippen molar-refractivity contribution in [3.05, 3.63) is 34.3 Å². The van der Waals surface area contributed by atoms with Crippen LogP contribution in [-0.2, 0) is 0 Å². The number of nitrogens with zero attached hydrogens (tertiary/aromatic N) is 4. The minimum atomic E-state index is -0.284. The van der Waals surface area contributed by atoms with Crippen LogP contribution in [0.1, 0.15) is 10.5 Å². The van der Waals surface area contributed by atoms with E-state index in [1.54, 1.807) is 12.3 Å². The van der Waals surface area contributed by atoms with Crippen LogP contribution < -0.4 is 5.32 Å². The number of carbonyl (C=O) groups excluding carboxylic acids is 1. The fourth-order valence-corrected chi connectivity index (χ4v) is 1.53. The molecule has 0 aliphatic heterocycles. The van der Waals surface area contributed by atoms with Gasteiger partial charge < -0.3 is 5.32 Å². The number of halogens is 2. The van der Waals surface area contributed by atoms with E-state index in [0.717, 1.165) is 0 Å². The van der Waals surface area contributed by atoms with Gasteiger partial charge in [0.15, 0.2) is 16.0 Å². The van der Waals surface area contributed by atoms with Crippen LogP contribution in [0.3, 0.4) is 0 Å². The molecule has 2 aromatic heterocycles. The van der Waals surface area contributed by atoms with Crippen molar-refractivity contribution >= 4 is 29.1 Å². The molecule has 2 heterocycles. The molecule has 0 aliphatic carbocycles. The molecule has 0 aromatic carbocycles. The van der Waals surface area contributed by atoms with Gasteiger partial charge in [-0.2, -0.15) is 5.10 Å². The molecule has 0 unspecified atom stereocenters. The molecule has 0 saturated carbocycles. The molecule has 0 radical (unpaired) electrons. The minimum Gasteiger partial charge on any atom is -0.354 e. The highest BCUT2D eigenvalue weighted by atomic mass is 35.5. The lowest BCUT2D eigenvalue weighted by Gasteiger charge is -2.02. The van der Waals surface area contributed by atoms with E-state index in [9.17, 15) is 4.79 Å². The van der Waals surface area contributed by atoms with Gasteiger partial charge in [0, 0.05) is 19.3 Å². The van der Waals surface area contributed by atoms with Gasteiger partial charge in [0.25, 0.3) is 5.91 Å². The van der Waals surface area contributed by atoms with Crippen LogP contribution in [-0.4, -0.2) is 32.9 Å². The summed E-state index contributed by atoms with van der Waals surface area (Å²) >= 11 is 11.6. The largest absolute Gasteiger partial charge is 0.354 e. The second-order valence-corrected chi connectivity index (χ2v) is 3.81. The van der Waals surface area contributed by atoms with Gasteiger partial charge in [0.1, 0.15) is 5.69 Å². The molecule has 6 nitrogen and oxygen atoms in total. The maximum Gasteiger partial charge on any atom is 0.271 e. The lowest BCUT2D eigenvalue weighted by Crippen LogP contribution is -2.18. The van der Waals surface area contributed by atoms with Gasteiger partial charge in [-0.3, -0.25) is 4.79 Å². The smallest absolute Gasteiger partial charge is 0.271 e. The number of carbonyl (C=O) groups is 1. The van der Waals surface area contributed by atoms with Gasteiger partial charge in [0.2, 0.25) is 0 Å². The highest BCUT2D eigenvalue weighted by Gasteiger charge is 2.11. The number of aromatic nitrogens is 4. The summed E-state index contributed by atoms with van der Waals surface area (Å²) in [7, 11) is 1.53. The maximum atomic E-state index is 11.3. The zero-order valence-corrected chi connectivity index (χ0v) is 10.2. The highest BCUT2D eigenvalue weighted by molar-refractivity contribution is 6.32. The molecule has 0 aliphatic rings.